The van der Waals surface area contributed by atoms with Gasteiger partial charge in [0.05, 0.1) is 6.21 Å². The van der Waals surface area contributed by atoms with Crippen LogP contribution >= 0.6 is 12.2 Å². The van der Waals surface area contributed by atoms with Crippen LogP contribution in [0.3, 0.4) is 0 Å². The highest BCUT2D eigenvalue weighted by Gasteiger charge is 2.12. The first-order valence-corrected chi connectivity index (χ1v) is 8.19. The van der Waals surface area contributed by atoms with Gasteiger partial charge in [0.2, 0.25) is 6.79 Å². The summed E-state index contributed by atoms with van der Waals surface area (Å²) in [7, 11) is 0. The van der Waals surface area contributed by atoms with Crippen LogP contribution in [0.4, 0.5) is 0 Å². The molecule has 0 bridgehead atoms. The number of benzene rings is 2. The van der Waals surface area contributed by atoms with Gasteiger partial charge in [-0.1, -0.05) is 6.07 Å². The molecule has 2 aromatic rings. The van der Waals surface area contributed by atoms with Crippen LogP contribution in [-0.4, -0.2) is 23.2 Å². The van der Waals surface area contributed by atoms with Crippen molar-refractivity contribution in [2.75, 3.05) is 6.79 Å². The van der Waals surface area contributed by atoms with Crippen LogP contribution in [-0.2, 0) is 6.54 Å². The van der Waals surface area contributed by atoms with E-state index in [0.29, 0.717) is 17.4 Å². The van der Waals surface area contributed by atoms with Crippen LogP contribution in [0.1, 0.15) is 22.3 Å². The van der Waals surface area contributed by atoms with E-state index in [-0.39, 0.29) is 6.79 Å². The Morgan fingerprint density at radius 3 is 2.68 bits per heavy atom. The molecule has 0 aromatic heterocycles. The van der Waals surface area contributed by atoms with Crippen molar-refractivity contribution in [3.8, 4) is 17.2 Å². The number of aryl methyl sites for hydroxylation is 2. The number of hydrazone groups is 1. The average molecular weight is 357 g/mol. The van der Waals surface area contributed by atoms with Gasteiger partial charge in [0.1, 0.15) is 5.75 Å². The van der Waals surface area contributed by atoms with E-state index in [9.17, 15) is 5.11 Å². The number of fused-ring (bicyclic) bond motifs is 1. The van der Waals surface area contributed by atoms with Crippen molar-refractivity contribution in [3.63, 3.8) is 0 Å². The highest BCUT2D eigenvalue weighted by Crippen LogP contribution is 2.32. The van der Waals surface area contributed by atoms with E-state index < -0.39 is 0 Å². The van der Waals surface area contributed by atoms with Crippen molar-refractivity contribution in [2.45, 2.75) is 20.4 Å². The minimum Gasteiger partial charge on any atom is -0.507 e. The summed E-state index contributed by atoms with van der Waals surface area (Å²) in [6.07, 6.45) is 1.66. The molecule has 3 N–H and O–H groups in total. The third-order valence-electron chi connectivity index (χ3n) is 3.78. The summed E-state index contributed by atoms with van der Waals surface area (Å²) in [5.41, 5.74) is 6.32. The predicted octanol–water partition coefficient (Wildman–Crippen LogP) is 2.74. The summed E-state index contributed by atoms with van der Waals surface area (Å²) >= 11 is 5.21. The number of nitrogens with one attached hydrogen (secondary N) is 2. The molecular weight excluding hydrogens is 338 g/mol. The molecule has 0 radical (unpaired) electrons. The van der Waals surface area contributed by atoms with Gasteiger partial charge >= 0.3 is 0 Å². The number of thiocarbonyl (C=S) groups is 1. The lowest BCUT2D eigenvalue weighted by atomic mass is 10.1. The smallest absolute Gasteiger partial charge is 0.231 e. The number of phenolic OH excluding ortho intramolecular Hbond substituents is 1. The molecule has 0 atom stereocenters. The van der Waals surface area contributed by atoms with Crippen LogP contribution < -0.4 is 20.2 Å². The Morgan fingerprint density at radius 1 is 1.20 bits per heavy atom. The number of ether oxygens (including phenoxy) is 2. The Labute approximate surface area is 151 Å². The van der Waals surface area contributed by atoms with E-state index >= 15 is 0 Å². The second kappa shape index (κ2) is 7.40. The highest BCUT2D eigenvalue weighted by molar-refractivity contribution is 7.80. The fraction of sp³-hybridized carbons (Fsp3) is 0.222. The predicted molar refractivity (Wildman–Crippen MR) is 100 cm³/mol. The van der Waals surface area contributed by atoms with E-state index in [2.05, 4.69) is 15.8 Å². The first-order valence-electron chi connectivity index (χ1n) is 7.78. The molecule has 7 heteroatoms. The Morgan fingerprint density at radius 2 is 1.92 bits per heavy atom. The number of hydrogen-bond acceptors (Lipinski definition) is 5. The normalized spacial score (nSPS) is 12.4. The van der Waals surface area contributed by atoms with Crippen molar-refractivity contribution in [1.29, 1.82) is 0 Å². The maximum atomic E-state index is 9.77. The lowest BCUT2D eigenvalue weighted by Gasteiger charge is -2.08. The SMILES string of the molecule is Cc1cc(/C=N/NC(=S)NCc2ccc3c(c2)OCO3)cc(C)c1O. The lowest BCUT2D eigenvalue weighted by molar-refractivity contribution is 0.174. The van der Waals surface area contributed by atoms with Gasteiger partial charge in [-0.2, -0.15) is 5.10 Å². The molecule has 3 rings (SSSR count). The summed E-state index contributed by atoms with van der Waals surface area (Å²) in [5.74, 6) is 1.81. The van der Waals surface area contributed by atoms with Crippen molar-refractivity contribution in [1.82, 2.24) is 10.7 Å². The number of nitrogens with zero attached hydrogens (tertiary/aromatic N) is 1. The van der Waals surface area contributed by atoms with Gasteiger partial charge in [-0.05, 0) is 72.6 Å². The summed E-state index contributed by atoms with van der Waals surface area (Å²) in [5, 5.41) is 17.4. The zero-order chi connectivity index (χ0) is 17.8. The quantitative estimate of drug-likeness (QED) is 0.444. The minimum absolute atomic E-state index is 0.261. The van der Waals surface area contributed by atoms with Crippen molar-refractivity contribution < 1.29 is 14.6 Å². The Bertz CT molecular complexity index is 813. The Hall–Kier alpha value is -2.80. The molecule has 1 aliphatic rings. The molecule has 0 saturated heterocycles. The molecule has 0 fully saturated rings. The van der Waals surface area contributed by atoms with Gasteiger partial charge < -0.3 is 19.9 Å². The first kappa shape index (κ1) is 17.0. The third-order valence-corrected chi connectivity index (χ3v) is 4.02. The molecule has 0 saturated carbocycles. The van der Waals surface area contributed by atoms with Gasteiger partial charge in [0.15, 0.2) is 16.6 Å². The van der Waals surface area contributed by atoms with Gasteiger partial charge in [0.25, 0.3) is 0 Å². The second-order valence-electron chi connectivity index (χ2n) is 5.74. The molecule has 0 unspecified atom stereocenters. The fourth-order valence-electron chi connectivity index (χ4n) is 2.50. The maximum absolute atomic E-state index is 9.77. The molecule has 6 nitrogen and oxygen atoms in total. The van der Waals surface area contributed by atoms with E-state index in [1.807, 2.05) is 44.2 Å². The second-order valence-corrected chi connectivity index (χ2v) is 6.15. The summed E-state index contributed by atoms with van der Waals surface area (Å²) < 4.78 is 10.6. The standard InChI is InChI=1S/C18H19N3O3S/c1-11-5-14(6-12(2)17(11)22)9-20-21-18(25)19-8-13-3-4-15-16(7-13)24-10-23-15/h3-7,9,22H,8,10H2,1-2H3,(H2,19,21,25)/b20-9+. The summed E-state index contributed by atoms with van der Waals surface area (Å²) in [4.78, 5) is 0. The van der Waals surface area contributed by atoms with Crippen molar-refractivity contribution >= 4 is 23.5 Å². The van der Waals surface area contributed by atoms with Crippen LogP contribution in [0.5, 0.6) is 17.2 Å². The third kappa shape index (κ3) is 4.19. The largest absolute Gasteiger partial charge is 0.507 e. The Balaban J connectivity index is 1.51. The average Bonchev–Trinajstić information content (AvgIpc) is 3.05. The van der Waals surface area contributed by atoms with Gasteiger partial charge in [0, 0.05) is 6.54 Å². The van der Waals surface area contributed by atoms with Crippen LogP contribution in [0, 0.1) is 13.8 Å². The zero-order valence-corrected chi connectivity index (χ0v) is 14.8. The molecule has 0 spiro atoms. The zero-order valence-electron chi connectivity index (χ0n) is 14.0. The monoisotopic (exact) mass is 357 g/mol. The minimum atomic E-state index is 0.261. The molecule has 1 aliphatic heterocycles. The number of aromatic hydroxyl groups is 1. The topological polar surface area (TPSA) is 75.1 Å². The van der Waals surface area contributed by atoms with Crippen LogP contribution in [0.15, 0.2) is 35.4 Å². The highest BCUT2D eigenvalue weighted by atomic mass is 32.1. The van der Waals surface area contributed by atoms with Gasteiger partial charge in [-0.15, -0.1) is 0 Å². The molecule has 130 valence electrons. The van der Waals surface area contributed by atoms with E-state index in [4.69, 9.17) is 21.7 Å². The van der Waals surface area contributed by atoms with Gasteiger partial charge in [-0.3, -0.25) is 5.43 Å². The molecular formula is C18H19N3O3S. The van der Waals surface area contributed by atoms with Crippen LogP contribution in [0.25, 0.3) is 0 Å². The molecule has 2 aromatic carbocycles. The van der Waals surface area contributed by atoms with E-state index in [0.717, 1.165) is 33.8 Å². The molecule has 0 amide bonds. The molecule has 25 heavy (non-hydrogen) atoms. The van der Waals surface area contributed by atoms with Crippen LogP contribution in [0.2, 0.25) is 0 Å². The van der Waals surface area contributed by atoms with Gasteiger partial charge in [-0.25, -0.2) is 0 Å². The number of phenols is 1. The fourth-order valence-corrected chi connectivity index (χ4v) is 2.63. The van der Waals surface area contributed by atoms with E-state index in [1.165, 1.54) is 0 Å². The summed E-state index contributed by atoms with van der Waals surface area (Å²) in [6.45, 7) is 4.52. The molecule has 0 aliphatic carbocycles. The lowest BCUT2D eigenvalue weighted by Crippen LogP contribution is -2.31. The van der Waals surface area contributed by atoms with E-state index in [1.54, 1.807) is 6.21 Å². The van der Waals surface area contributed by atoms with Crippen molar-refractivity contribution in [3.05, 3.63) is 52.6 Å². The first-order chi connectivity index (χ1) is 12.0. The number of rotatable bonds is 4. The molecule has 1 heterocycles. The van der Waals surface area contributed by atoms with Crippen molar-refractivity contribution in [2.24, 2.45) is 5.10 Å². The number of hydrogen-bond donors (Lipinski definition) is 3. The Kier molecular flexibility index (Phi) is 5.04. The summed E-state index contributed by atoms with van der Waals surface area (Å²) in [6, 6.07) is 9.47. The maximum Gasteiger partial charge on any atom is 0.231 e.